The van der Waals surface area contributed by atoms with Gasteiger partial charge in [-0.15, -0.1) is 11.3 Å². The number of hydrogen-bond donors (Lipinski definition) is 1. The third kappa shape index (κ3) is 3.22. The fourth-order valence-corrected chi connectivity index (χ4v) is 4.29. The molecule has 2 unspecified atom stereocenters. The van der Waals surface area contributed by atoms with Crippen LogP contribution in [0.4, 0.5) is 0 Å². The molecule has 0 radical (unpaired) electrons. The molecule has 1 aromatic carbocycles. The van der Waals surface area contributed by atoms with E-state index in [1.54, 1.807) is 0 Å². The third-order valence-electron chi connectivity index (χ3n) is 4.72. The Balaban J connectivity index is 1.79. The lowest BCUT2D eigenvalue weighted by Gasteiger charge is -2.42. The molecule has 0 aliphatic heterocycles. The summed E-state index contributed by atoms with van der Waals surface area (Å²) in [6, 6.07) is 14.3. The molecule has 1 heterocycles. The molecule has 0 saturated carbocycles. The van der Waals surface area contributed by atoms with Gasteiger partial charge in [0.15, 0.2) is 0 Å². The van der Waals surface area contributed by atoms with Crippen LogP contribution in [-0.2, 0) is 12.8 Å². The largest absolute Gasteiger partial charge is 0.307 e. The molecule has 1 nitrogen and oxygen atoms in total. The Labute approximate surface area is 132 Å². The zero-order valence-electron chi connectivity index (χ0n) is 13.2. The number of rotatable bonds is 4. The molecule has 2 atom stereocenters. The van der Waals surface area contributed by atoms with Crippen LogP contribution in [0.5, 0.6) is 0 Å². The van der Waals surface area contributed by atoms with E-state index >= 15 is 0 Å². The van der Waals surface area contributed by atoms with Gasteiger partial charge in [-0.25, -0.2) is 0 Å². The zero-order chi connectivity index (χ0) is 14.9. The highest BCUT2D eigenvalue weighted by atomic mass is 32.1. The van der Waals surface area contributed by atoms with Gasteiger partial charge in [0.25, 0.3) is 0 Å². The lowest BCUT2D eigenvalue weighted by Crippen LogP contribution is -2.42. The van der Waals surface area contributed by atoms with Crippen molar-refractivity contribution < 1.29 is 0 Å². The maximum absolute atomic E-state index is 3.91. The van der Waals surface area contributed by atoms with Gasteiger partial charge >= 0.3 is 0 Å². The van der Waals surface area contributed by atoms with Gasteiger partial charge in [-0.3, -0.25) is 0 Å². The highest BCUT2D eigenvalue weighted by Gasteiger charge is 2.36. The minimum atomic E-state index is 0.318. The quantitative estimate of drug-likeness (QED) is 0.839. The van der Waals surface area contributed by atoms with E-state index in [4.69, 9.17) is 0 Å². The maximum atomic E-state index is 3.91. The summed E-state index contributed by atoms with van der Waals surface area (Å²) in [7, 11) is 0. The zero-order valence-corrected chi connectivity index (χ0v) is 14.0. The summed E-state index contributed by atoms with van der Waals surface area (Å²) in [6.07, 6.45) is 3.58. The maximum Gasteiger partial charge on any atom is 0.0376 e. The van der Waals surface area contributed by atoms with Crippen molar-refractivity contribution in [3.63, 3.8) is 0 Å². The lowest BCUT2D eigenvalue weighted by atomic mass is 9.70. The predicted octanol–water partition coefficient (Wildman–Crippen LogP) is 4.98. The van der Waals surface area contributed by atoms with Crippen molar-refractivity contribution in [2.45, 2.75) is 52.1 Å². The van der Waals surface area contributed by atoms with Crippen LogP contribution in [0.1, 0.15) is 49.2 Å². The fourth-order valence-electron chi connectivity index (χ4n) is 3.45. The van der Waals surface area contributed by atoms with Crippen LogP contribution in [0.15, 0.2) is 41.8 Å². The molecule has 0 fully saturated rings. The number of aryl methyl sites for hydroxylation is 1. The molecular formula is C19H25NS. The van der Waals surface area contributed by atoms with Crippen molar-refractivity contribution in [2.24, 2.45) is 5.41 Å². The van der Waals surface area contributed by atoms with E-state index in [0.29, 0.717) is 17.5 Å². The molecule has 0 amide bonds. The second-order valence-corrected chi connectivity index (χ2v) is 8.00. The molecule has 1 aromatic heterocycles. The molecule has 3 rings (SSSR count). The smallest absolute Gasteiger partial charge is 0.0376 e. The Bertz CT molecular complexity index is 585. The van der Waals surface area contributed by atoms with Crippen molar-refractivity contribution in [1.82, 2.24) is 5.32 Å². The van der Waals surface area contributed by atoms with Gasteiger partial charge in [0, 0.05) is 17.0 Å². The summed E-state index contributed by atoms with van der Waals surface area (Å²) in [6.45, 7) is 7.12. The Morgan fingerprint density at radius 1 is 1.24 bits per heavy atom. The first-order valence-corrected chi connectivity index (χ1v) is 8.80. The van der Waals surface area contributed by atoms with E-state index in [2.05, 4.69) is 67.9 Å². The normalized spacial score (nSPS) is 21.8. The molecule has 2 heteroatoms. The van der Waals surface area contributed by atoms with Crippen molar-refractivity contribution in [3.05, 3.63) is 57.8 Å². The second-order valence-electron chi connectivity index (χ2n) is 6.97. The molecule has 2 aromatic rings. The van der Waals surface area contributed by atoms with E-state index in [-0.39, 0.29) is 0 Å². The number of benzene rings is 1. The SMILES string of the molecule is CC(Cc1cccs1)NC1c2ccccc2CCC1(C)C. The topological polar surface area (TPSA) is 12.0 Å². The number of thiophene rings is 1. The molecule has 0 spiro atoms. The highest BCUT2D eigenvalue weighted by Crippen LogP contribution is 2.43. The van der Waals surface area contributed by atoms with Gasteiger partial charge in [-0.1, -0.05) is 44.2 Å². The molecule has 0 saturated heterocycles. The van der Waals surface area contributed by atoms with Crippen molar-refractivity contribution in [1.29, 1.82) is 0 Å². The second kappa shape index (κ2) is 5.94. The monoisotopic (exact) mass is 299 g/mol. The van der Waals surface area contributed by atoms with Gasteiger partial charge in [-0.05, 0) is 54.2 Å². The Morgan fingerprint density at radius 2 is 2.05 bits per heavy atom. The van der Waals surface area contributed by atoms with Crippen LogP contribution in [0.3, 0.4) is 0 Å². The molecular weight excluding hydrogens is 274 g/mol. The first-order valence-electron chi connectivity index (χ1n) is 7.92. The van der Waals surface area contributed by atoms with Crippen molar-refractivity contribution >= 4 is 11.3 Å². The lowest BCUT2D eigenvalue weighted by molar-refractivity contribution is 0.196. The van der Waals surface area contributed by atoms with E-state index in [0.717, 1.165) is 6.42 Å². The third-order valence-corrected chi connectivity index (χ3v) is 5.62. The summed E-state index contributed by atoms with van der Waals surface area (Å²) in [5.74, 6) is 0. The van der Waals surface area contributed by atoms with Crippen LogP contribution in [0.25, 0.3) is 0 Å². The summed E-state index contributed by atoms with van der Waals surface area (Å²) in [5, 5.41) is 6.08. The average molecular weight is 299 g/mol. The van der Waals surface area contributed by atoms with Crippen molar-refractivity contribution in [2.75, 3.05) is 0 Å². The Hall–Kier alpha value is -1.12. The van der Waals surface area contributed by atoms with Gasteiger partial charge in [0.1, 0.15) is 0 Å². The van der Waals surface area contributed by atoms with Crippen LogP contribution in [-0.4, -0.2) is 6.04 Å². The van der Waals surface area contributed by atoms with Crippen LogP contribution >= 0.6 is 11.3 Å². The van der Waals surface area contributed by atoms with E-state index in [9.17, 15) is 0 Å². The molecule has 21 heavy (non-hydrogen) atoms. The minimum Gasteiger partial charge on any atom is -0.307 e. The van der Waals surface area contributed by atoms with E-state index in [1.807, 2.05) is 11.3 Å². The van der Waals surface area contributed by atoms with Crippen LogP contribution in [0.2, 0.25) is 0 Å². The number of hydrogen-bond acceptors (Lipinski definition) is 2. The molecule has 1 aliphatic carbocycles. The number of nitrogens with one attached hydrogen (secondary N) is 1. The predicted molar refractivity (Wildman–Crippen MR) is 91.9 cm³/mol. The van der Waals surface area contributed by atoms with Gasteiger partial charge < -0.3 is 5.32 Å². The Morgan fingerprint density at radius 3 is 2.81 bits per heavy atom. The highest BCUT2D eigenvalue weighted by molar-refractivity contribution is 7.09. The molecule has 112 valence electrons. The molecule has 1 aliphatic rings. The molecule has 1 N–H and O–H groups in total. The Kier molecular flexibility index (Phi) is 4.19. The van der Waals surface area contributed by atoms with Crippen LogP contribution < -0.4 is 5.32 Å². The van der Waals surface area contributed by atoms with E-state index < -0.39 is 0 Å². The van der Waals surface area contributed by atoms with Gasteiger partial charge in [-0.2, -0.15) is 0 Å². The van der Waals surface area contributed by atoms with Crippen LogP contribution in [0, 0.1) is 5.41 Å². The van der Waals surface area contributed by atoms with Gasteiger partial charge in [0.2, 0.25) is 0 Å². The van der Waals surface area contributed by atoms with Gasteiger partial charge in [0.05, 0.1) is 0 Å². The summed E-state index contributed by atoms with van der Waals surface area (Å²) >= 11 is 1.86. The fraction of sp³-hybridized carbons (Fsp3) is 0.474. The first kappa shape index (κ1) is 14.8. The van der Waals surface area contributed by atoms with Crippen molar-refractivity contribution in [3.8, 4) is 0 Å². The molecule has 0 bridgehead atoms. The average Bonchev–Trinajstić information content (AvgIpc) is 2.95. The first-order chi connectivity index (χ1) is 10.1. The number of fused-ring (bicyclic) bond motifs is 1. The summed E-state index contributed by atoms with van der Waals surface area (Å²) < 4.78 is 0. The summed E-state index contributed by atoms with van der Waals surface area (Å²) in [4.78, 5) is 1.47. The summed E-state index contributed by atoms with van der Waals surface area (Å²) in [5.41, 5.74) is 3.35. The minimum absolute atomic E-state index is 0.318. The van der Waals surface area contributed by atoms with E-state index in [1.165, 1.54) is 28.8 Å². The standard InChI is InChI=1S/C19H25NS/c1-14(13-16-8-6-12-21-16)20-18-17-9-5-4-7-15(17)10-11-19(18,2)3/h4-9,12,14,18,20H,10-11,13H2,1-3H3.